The maximum atomic E-state index is 12.8. The molecule has 35 heavy (non-hydrogen) atoms. The second kappa shape index (κ2) is 9.38. The van der Waals surface area contributed by atoms with E-state index in [1.165, 1.54) is 67.7 Å². The Labute approximate surface area is 207 Å². The summed E-state index contributed by atoms with van der Waals surface area (Å²) in [7, 11) is 3.73. The van der Waals surface area contributed by atoms with Gasteiger partial charge in [-0.05, 0) is 55.0 Å². The molecule has 180 valence electrons. The predicted molar refractivity (Wildman–Crippen MR) is 139 cm³/mol. The highest BCUT2D eigenvalue weighted by Gasteiger charge is 2.49. The number of carbonyl (C=O) groups is 1. The van der Waals surface area contributed by atoms with Crippen LogP contribution in [0.3, 0.4) is 0 Å². The summed E-state index contributed by atoms with van der Waals surface area (Å²) in [5, 5.41) is 0. The summed E-state index contributed by atoms with van der Waals surface area (Å²) in [5.74, 6) is 0.411. The van der Waals surface area contributed by atoms with Crippen molar-refractivity contribution in [1.82, 2.24) is 14.9 Å². The molecule has 0 radical (unpaired) electrons. The molecule has 2 aliphatic rings. The SMILES string of the molecule is COc1cncc(C(=O)CC(C)c2ccc(C(=C3CC4(C3)CN(C)C4)c3ccc(C)cc3)cc2)n1. The van der Waals surface area contributed by atoms with Crippen molar-refractivity contribution in [3.05, 3.63) is 94.4 Å². The zero-order valence-corrected chi connectivity index (χ0v) is 21.0. The molecule has 2 heterocycles. The van der Waals surface area contributed by atoms with Gasteiger partial charge in [-0.2, -0.15) is 0 Å². The number of methoxy groups -OCH3 is 1. The summed E-state index contributed by atoms with van der Waals surface area (Å²) < 4.78 is 5.10. The van der Waals surface area contributed by atoms with Crippen LogP contribution in [-0.2, 0) is 0 Å². The van der Waals surface area contributed by atoms with Crippen molar-refractivity contribution in [2.45, 2.75) is 39.0 Å². The Bertz CT molecular complexity index is 1250. The number of allylic oxidation sites excluding steroid dienone is 1. The molecule has 1 atom stereocenters. The molecular formula is C30H33N3O2. The van der Waals surface area contributed by atoms with Crippen LogP contribution in [0.2, 0.25) is 0 Å². The summed E-state index contributed by atoms with van der Waals surface area (Å²) in [6.45, 7) is 6.63. The highest BCUT2D eigenvalue weighted by molar-refractivity contribution is 5.94. The van der Waals surface area contributed by atoms with E-state index in [1.807, 2.05) is 0 Å². The summed E-state index contributed by atoms with van der Waals surface area (Å²) >= 11 is 0. The number of benzene rings is 2. The Hall–Kier alpha value is -3.31. The van der Waals surface area contributed by atoms with Crippen LogP contribution in [-0.4, -0.2) is 47.9 Å². The van der Waals surface area contributed by atoms with Crippen LogP contribution in [0.1, 0.15) is 64.8 Å². The average Bonchev–Trinajstić information content (AvgIpc) is 2.83. The molecule has 5 heteroatoms. The lowest BCUT2D eigenvalue weighted by Crippen LogP contribution is -2.58. The highest BCUT2D eigenvalue weighted by atomic mass is 16.5. The summed E-state index contributed by atoms with van der Waals surface area (Å²) in [6.07, 6.45) is 5.77. The van der Waals surface area contributed by atoms with E-state index in [4.69, 9.17) is 4.74 Å². The molecule has 3 aromatic rings. The van der Waals surface area contributed by atoms with Crippen molar-refractivity contribution >= 4 is 11.4 Å². The number of nitrogens with zero attached hydrogens (tertiary/aromatic N) is 3. The van der Waals surface area contributed by atoms with E-state index >= 15 is 0 Å². The van der Waals surface area contributed by atoms with Gasteiger partial charge in [0.2, 0.25) is 5.88 Å². The van der Waals surface area contributed by atoms with Gasteiger partial charge in [0.05, 0.1) is 19.5 Å². The van der Waals surface area contributed by atoms with Crippen LogP contribution < -0.4 is 4.74 Å². The lowest BCUT2D eigenvalue weighted by Gasteiger charge is -2.56. The van der Waals surface area contributed by atoms with Gasteiger partial charge in [0.15, 0.2) is 5.78 Å². The van der Waals surface area contributed by atoms with Crippen LogP contribution in [0.4, 0.5) is 0 Å². The Balaban J connectivity index is 1.36. The van der Waals surface area contributed by atoms with Crippen LogP contribution in [0, 0.1) is 12.3 Å². The number of likely N-dealkylation sites (tertiary alicyclic amines) is 1. The fourth-order valence-electron chi connectivity index (χ4n) is 5.71. The standard InChI is InChI=1S/C30H33N3O2/c1-20-5-7-23(8-6-20)29(25-14-30(15-25)18-33(3)19-30)24-11-9-22(10-12-24)21(2)13-27(34)26-16-31-17-28(32-26)35-4/h5-12,16-17,21H,13-15,18-19H2,1-4H3. The van der Waals surface area contributed by atoms with Gasteiger partial charge in [0.25, 0.3) is 0 Å². The van der Waals surface area contributed by atoms with E-state index in [0.717, 1.165) is 5.56 Å². The van der Waals surface area contributed by atoms with Crippen molar-refractivity contribution in [2.75, 3.05) is 27.2 Å². The minimum Gasteiger partial charge on any atom is -0.480 e. The lowest BCUT2D eigenvalue weighted by molar-refractivity contribution is -0.0106. The van der Waals surface area contributed by atoms with E-state index < -0.39 is 0 Å². The smallest absolute Gasteiger partial charge is 0.232 e. The van der Waals surface area contributed by atoms with Crippen LogP contribution in [0.15, 0.2) is 66.5 Å². The maximum absolute atomic E-state index is 12.8. The molecule has 2 fully saturated rings. The first-order valence-corrected chi connectivity index (χ1v) is 12.3. The number of aromatic nitrogens is 2. The molecule has 1 aromatic heterocycles. The van der Waals surface area contributed by atoms with Crippen LogP contribution >= 0.6 is 0 Å². The zero-order chi connectivity index (χ0) is 24.6. The van der Waals surface area contributed by atoms with Crippen molar-refractivity contribution in [2.24, 2.45) is 5.41 Å². The number of Topliss-reactive ketones (excluding diaryl/α,β-unsaturated/α-hetero) is 1. The Morgan fingerprint density at radius 2 is 1.66 bits per heavy atom. The van der Waals surface area contributed by atoms with E-state index in [1.54, 1.807) is 5.57 Å². The fraction of sp³-hybridized carbons (Fsp3) is 0.367. The first-order valence-electron chi connectivity index (χ1n) is 12.3. The van der Waals surface area contributed by atoms with E-state index in [0.29, 0.717) is 23.4 Å². The van der Waals surface area contributed by atoms with Gasteiger partial charge >= 0.3 is 0 Å². The quantitative estimate of drug-likeness (QED) is 0.417. The average molecular weight is 468 g/mol. The third-order valence-electron chi connectivity index (χ3n) is 7.45. The van der Waals surface area contributed by atoms with E-state index in [9.17, 15) is 4.79 Å². The molecule has 5 rings (SSSR count). The van der Waals surface area contributed by atoms with Crippen molar-refractivity contribution < 1.29 is 9.53 Å². The number of carbonyl (C=O) groups excluding carboxylic acids is 1. The number of ketones is 1. The Morgan fingerprint density at radius 1 is 1.03 bits per heavy atom. The minimum absolute atomic E-state index is 0.0272. The predicted octanol–water partition coefficient (Wildman–Crippen LogP) is 5.70. The molecule has 1 aliphatic heterocycles. The molecule has 0 N–H and O–H groups in total. The first kappa shape index (κ1) is 23.4. The molecular weight excluding hydrogens is 434 g/mol. The highest BCUT2D eigenvalue weighted by Crippen LogP contribution is 2.54. The maximum Gasteiger partial charge on any atom is 0.232 e. The van der Waals surface area contributed by atoms with Crippen LogP contribution in [0.5, 0.6) is 5.88 Å². The molecule has 0 amide bonds. The number of hydrogen-bond acceptors (Lipinski definition) is 5. The van der Waals surface area contributed by atoms with Gasteiger partial charge in [-0.1, -0.05) is 66.6 Å². The topological polar surface area (TPSA) is 55.3 Å². The third-order valence-corrected chi connectivity index (χ3v) is 7.45. The molecule has 1 spiro atoms. The van der Waals surface area contributed by atoms with Crippen LogP contribution in [0.25, 0.3) is 5.57 Å². The third kappa shape index (κ3) is 4.78. The minimum atomic E-state index is -0.0272. The molecule has 5 nitrogen and oxygen atoms in total. The van der Waals surface area contributed by atoms with Gasteiger partial charge < -0.3 is 9.64 Å². The van der Waals surface area contributed by atoms with Gasteiger partial charge in [-0.15, -0.1) is 0 Å². The van der Waals surface area contributed by atoms with Gasteiger partial charge in [0, 0.05) is 24.9 Å². The summed E-state index contributed by atoms with van der Waals surface area (Å²) in [6, 6.07) is 17.7. The van der Waals surface area contributed by atoms with Gasteiger partial charge in [0.1, 0.15) is 5.69 Å². The molecule has 1 unspecified atom stereocenters. The lowest BCUT2D eigenvalue weighted by atomic mass is 9.59. The fourth-order valence-corrected chi connectivity index (χ4v) is 5.71. The molecule has 1 saturated heterocycles. The number of hydrogen-bond donors (Lipinski definition) is 0. The first-order chi connectivity index (χ1) is 16.9. The summed E-state index contributed by atoms with van der Waals surface area (Å²) in [4.78, 5) is 23.5. The van der Waals surface area contributed by atoms with E-state index in [2.05, 4.69) is 84.3 Å². The molecule has 2 aromatic carbocycles. The Kier molecular flexibility index (Phi) is 6.28. The second-order valence-electron chi connectivity index (χ2n) is 10.5. The van der Waals surface area contributed by atoms with Crippen molar-refractivity contribution in [1.29, 1.82) is 0 Å². The summed E-state index contributed by atoms with van der Waals surface area (Å²) in [5.41, 5.74) is 8.77. The van der Waals surface area contributed by atoms with E-state index in [-0.39, 0.29) is 11.7 Å². The monoisotopic (exact) mass is 467 g/mol. The van der Waals surface area contributed by atoms with Crippen molar-refractivity contribution in [3.8, 4) is 5.88 Å². The largest absolute Gasteiger partial charge is 0.480 e. The molecule has 1 aliphatic carbocycles. The molecule has 0 bridgehead atoms. The number of aryl methyl sites for hydroxylation is 1. The molecule has 1 saturated carbocycles. The van der Waals surface area contributed by atoms with Gasteiger partial charge in [-0.3, -0.25) is 9.78 Å². The Morgan fingerprint density at radius 3 is 2.26 bits per heavy atom. The van der Waals surface area contributed by atoms with Gasteiger partial charge in [-0.25, -0.2) is 4.98 Å². The number of rotatable bonds is 7. The second-order valence-corrected chi connectivity index (χ2v) is 10.5. The number of ether oxygens (including phenoxy) is 1. The normalized spacial score (nSPS) is 17.4. The van der Waals surface area contributed by atoms with Crippen molar-refractivity contribution in [3.63, 3.8) is 0 Å². The zero-order valence-electron chi connectivity index (χ0n) is 21.0.